The van der Waals surface area contributed by atoms with Crippen LogP contribution in [-0.2, 0) is 27.1 Å². The van der Waals surface area contributed by atoms with Gasteiger partial charge in [-0.3, -0.25) is 4.79 Å². The number of fused-ring (bicyclic) bond motifs is 3. The molecule has 170 valence electrons. The number of pyridine rings is 1. The van der Waals surface area contributed by atoms with Crippen LogP contribution in [-0.4, -0.2) is 35.5 Å². The van der Waals surface area contributed by atoms with Gasteiger partial charge >= 0.3 is 11.9 Å². The zero-order chi connectivity index (χ0) is 23.5. The van der Waals surface area contributed by atoms with Crippen LogP contribution in [0, 0.1) is 0 Å². The molecule has 0 saturated heterocycles. The minimum atomic E-state index is -1.11. The summed E-state index contributed by atoms with van der Waals surface area (Å²) >= 11 is 7.14. The first-order valence-corrected chi connectivity index (χ1v) is 11.6. The van der Waals surface area contributed by atoms with E-state index in [0.29, 0.717) is 17.0 Å². The maximum absolute atomic E-state index is 12.9. The number of anilines is 1. The Bertz CT molecular complexity index is 1240. The molecular formula is C24H21ClN2O5S. The first-order valence-electron chi connectivity index (χ1n) is 10.4. The highest BCUT2D eigenvalue weighted by atomic mass is 35.5. The van der Waals surface area contributed by atoms with Crippen LogP contribution in [0.25, 0.3) is 10.4 Å². The van der Waals surface area contributed by atoms with Crippen molar-refractivity contribution in [2.45, 2.75) is 32.8 Å². The van der Waals surface area contributed by atoms with Crippen LogP contribution < -0.4 is 5.32 Å². The lowest BCUT2D eigenvalue weighted by atomic mass is 9.89. The van der Waals surface area contributed by atoms with Crippen molar-refractivity contribution in [1.29, 1.82) is 0 Å². The Morgan fingerprint density at radius 1 is 1.18 bits per heavy atom. The SMILES string of the molecule is CCOC(=O)c1c(NC(=O)C(C)OC(=O)c2ccnc(Cl)c2)sc2c1CCc1ccccc1-2. The van der Waals surface area contributed by atoms with E-state index in [2.05, 4.69) is 16.4 Å². The van der Waals surface area contributed by atoms with Crippen LogP contribution in [0.3, 0.4) is 0 Å². The molecule has 1 aliphatic carbocycles. The maximum atomic E-state index is 12.9. The summed E-state index contributed by atoms with van der Waals surface area (Å²) in [5.74, 6) is -1.74. The molecular weight excluding hydrogens is 464 g/mol. The predicted octanol–water partition coefficient (Wildman–Crippen LogP) is 4.92. The number of benzene rings is 1. The van der Waals surface area contributed by atoms with Crippen LogP contribution >= 0.6 is 22.9 Å². The van der Waals surface area contributed by atoms with Gasteiger partial charge in [-0.1, -0.05) is 35.9 Å². The van der Waals surface area contributed by atoms with Gasteiger partial charge in [0.15, 0.2) is 6.10 Å². The standard InChI is InChI=1S/C24H21ClN2O5S/c1-3-31-24(30)19-17-9-8-14-6-4-5-7-16(14)20(17)33-22(19)27-21(28)13(2)32-23(29)15-10-11-26-18(25)12-15/h4-7,10-13H,3,8-9H2,1-2H3,(H,27,28). The van der Waals surface area contributed by atoms with Crippen molar-refractivity contribution < 1.29 is 23.9 Å². The maximum Gasteiger partial charge on any atom is 0.341 e. The molecule has 2 heterocycles. The molecule has 3 aromatic rings. The number of ether oxygens (including phenoxy) is 2. The summed E-state index contributed by atoms with van der Waals surface area (Å²) in [4.78, 5) is 42.8. The Kier molecular flexibility index (Phi) is 6.76. The van der Waals surface area contributed by atoms with E-state index >= 15 is 0 Å². The molecule has 1 aromatic carbocycles. The van der Waals surface area contributed by atoms with E-state index in [0.717, 1.165) is 22.4 Å². The zero-order valence-electron chi connectivity index (χ0n) is 18.0. The summed E-state index contributed by atoms with van der Waals surface area (Å²) in [5.41, 5.74) is 3.65. The fraction of sp³-hybridized carbons (Fsp3) is 0.250. The fourth-order valence-electron chi connectivity index (χ4n) is 3.67. The Morgan fingerprint density at radius 2 is 1.97 bits per heavy atom. The molecule has 2 aromatic heterocycles. The molecule has 0 aliphatic heterocycles. The second-order valence-electron chi connectivity index (χ2n) is 7.40. The van der Waals surface area contributed by atoms with Gasteiger partial charge in [0.05, 0.1) is 17.7 Å². The topological polar surface area (TPSA) is 94.6 Å². The number of thiophene rings is 1. The normalized spacial score (nSPS) is 12.8. The summed E-state index contributed by atoms with van der Waals surface area (Å²) in [6, 6.07) is 10.8. The number of esters is 2. The second-order valence-corrected chi connectivity index (χ2v) is 8.80. The number of carbonyl (C=O) groups is 3. The number of halogens is 1. The lowest BCUT2D eigenvalue weighted by molar-refractivity contribution is -0.123. The first kappa shape index (κ1) is 22.9. The molecule has 0 spiro atoms. The minimum absolute atomic E-state index is 0.144. The Labute approximate surface area is 199 Å². The van der Waals surface area contributed by atoms with Gasteiger partial charge < -0.3 is 14.8 Å². The Hall–Kier alpha value is -3.23. The summed E-state index contributed by atoms with van der Waals surface area (Å²) in [5, 5.41) is 3.30. The summed E-state index contributed by atoms with van der Waals surface area (Å²) < 4.78 is 10.6. The third-order valence-electron chi connectivity index (χ3n) is 5.24. The van der Waals surface area contributed by atoms with E-state index in [4.69, 9.17) is 21.1 Å². The average molecular weight is 485 g/mol. The monoisotopic (exact) mass is 484 g/mol. The summed E-state index contributed by atoms with van der Waals surface area (Å²) in [7, 11) is 0. The van der Waals surface area contributed by atoms with Gasteiger partial charge in [0, 0.05) is 11.1 Å². The summed E-state index contributed by atoms with van der Waals surface area (Å²) in [6.07, 6.45) is 1.73. The zero-order valence-corrected chi connectivity index (χ0v) is 19.6. The van der Waals surface area contributed by atoms with Crippen LogP contribution in [0.2, 0.25) is 5.15 Å². The predicted molar refractivity (Wildman–Crippen MR) is 126 cm³/mol. The van der Waals surface area contributed by atoms with Crippen LogP contribution in [0.1, 0.15) is 45.7 Å². The lowest BCUT2D eigenvalue weighted by Crippen LogP contribution is -2.30. The molecule has 1 N–H and O–H groups in total. The van der Waals surface area contributed by atoms with E-state index in [9.17, 15) is 14.4 Å². The van der Waals surface area contributed by atoms with Gasteiger partial charge in [0.25, 0.3) is 5.91 Å². The van der Waals surface area contributed by atoms with Crippen molar-refractivity contribution in [2.75, 3.05) is 11.9 Å². The van der Waals surface area contributed by atoms with E-state index in [1.165, 1.54) is 42.2 Å². The minimum Gasteiger partial charge on any atom is -0.462 e. The Morgan fingerprint density at radius 3 is 2.73 bits per heavy atom. The highest BCUT2D eigenvalue weighted by Crippen LogP contribution is 2.45. The van der Waals surface area contributed by atoms with Crippen LogP contribution in [0.15, 0.2) is 42.6 Å². The van der Waals surface area contributed by atoms with E-state index in [-0.39, 0.29) is 17.3 Å². The quantitative estimate of drug-likeness (QED) is 0.394. The number of rotatable bonds is 6. The molecule has 0 bridgehead atoms. The van der Waals surface area contributed by atoms with Gasteiger partial charge in [-0.25, -0.2) is 14.6 Å². The second kappa shape index (κ2) is 9.72. The third kappa shape index (κ3) is 4.77. The highest BCUT2D eigenvalue weighted by molar-refractivity contribution is 7.20. The highest BCUT2D eigenvalue weighted by Gasteiger charge is 2.31. The van der Waals surface area contributed by atoms with E-state index in [1.54, 1.807) is 6.92 Å². The number of aryl methyl sites for hydroxylation is 1. The molecule has 0 saturated carbocycles. The van der Waals surface area contributed by atoms with Gasteiger partial charge in [0.2, 0.25) is 0 Å². The number of nitrogens with one attached hydrogen (secondary N) is 1. The van der Waals surface area contributed by atoms with Crippen molar-refractivity contribution in [1.82, 2.24) is 4.98 Å². The molecule has 7 nitrogen and oxygen atoms in total. The van der Waals surface area contributed by atoms with Crippen LogP contribution in [0.4, 0.5) is 5.00 Å². The molecule has 0 radical (unpaired) electrons. The third-order valence-corrected chi connectivity index (χ3v) is 6.63. The molecule has 1 unspecified atom stereocenters. The molecule has 0 fully saturated rings. The first-order chi connectivity index (χ1) is 15.9. The lowest BCUT2D eigenvalue weighted by Gasteiger charge is -2.16. The average Bonchev–Trinajstić information content (AvgIpc) is 3.17. The van der Waals surface area contributed by atoms with E-state index < -0.39 is 23.9 Å². The van der Waals surface area contributed by atoms with Crippen molar-refractivity contribution in [3.05, 3.63) is 70.0 Å². The number of nitrogens with zero attached hydrogens (tertiary/aromatic N) is 1. The number of hydrogen-bond donors (Lipinski definition) is 1. The molecule has 9 heteroatoms. The van der Waals surface area contributed by atoms with Gasteiger partial charge in [-0.05, 0) is 55.5 Å². The summed E-state index contributed by atoms with van der Waals surface area (Å²) in [6.45, 7) is 3.41. The molecule has 33 heavy (non-hydrogen) atoms. The van der Waals surface area contributed by atoms with Crippen molar-refractivity contribution in [3.63, 3.8) is 0 Å². The smallest absolute Gasteiger partial charge is 0.341 e. The molecule has 1 amide bonds. The molecule has 1 aliphatic rings. The number of aromatic nitrogens is 1. The van der Waals surface area contributed by atoms with E-state index in [1.807, 2.05) is 18.2 Å². The van der Waals surface area contributed by atoms with Crippen LogP contribution in [0.5, 0.6) is 0 Å². The Balaban J connectivity index is 1.59. The van der Waals surface area contributed by atoms with Gasteiger partial charge in [0.1, 0.15) is 10.2 Å². The molecule has 4 rings (SSSR count). The fourth-order valence-corrected chi connectivity index (χ4v) is 5.15. The van der Waals surface area contributed by atoms with Gasteiger partial charge in [-0.15, -0.1) is 11.3 Å². The van der Waals surface area contributed by atoms with Crippen molar-refractivity contribution in [2.24, 2.45) is 0 Å². The van der Waals surface area contributed by atoms with Crippen molar-refractivity contribution in [3.8, 4) is 10.4 Å². The number of hydrogen-bond acceptors (Lipinski definition) is 7. The molecule has 1 atom stereocenters. The largest absolute Gasteiger partial charge is 0.462 e. The number of amides is 1. The number of carbonyl (C=O) groups excluding carboxylic acids is 3. The van der Waals surface area contributed by atoms with Crippen molar-refractivity contribution >= 4 is 45.8 Å². The van der Waals surface area contributed by atoms with Gasteiger partial charge in [-0.2, -0.15) is 0 Å².